The molecule has 21 heavy (non-hydrogen) atoms. The molecule has 116 valence electrons. The summed E-state index contributed by atoms with van der Waals surface area (Å²) in [4.78, 5) is 18.8. The predicted molar refractivity (Wildman–Crippen MR) is 86.1 cm³/mol. The zero-order valence-corrected chi connectivity index (χ0v) is 13.2. The maximum Gasteiger partial charge on any atom is 0.227 e. The van der Waals surface area contributed by atoms with E-state index in [0.29, 0.717) is 0 Å². The minimum Gasteiger partial charge on any atom is -0.354 e. The molecule has 1 aromatic rings. The van der Waals surface area contributed by atoms with Crippen LogP contribution in [-0.2, 0) is 0 Å². The highest BCUT2D eigenvalue weighted by molar-refractivity contribution is 5.44. The summed E-state index contributed by atoms with van der Waals surface area (Å²) >= 11 is 0. The van der Waals surface area contributed by atoms with E-state index in [1.54, 1.807) is 0 Å². The molecule has 0 amide bonds. The Balaban J connectivity index is 1.66. The zero-order valence-electron chi connectivity index (χ0n) is 13.2. The average Bonchev–Trinajstić information content (AvgIpc) is 2.56. The second-order valence-corrected chi connectivity index (χ2v) is 5.93. The zero-order chi connectivity index (χ0) is 14.7. The van der Waals surface area contributed by atoms with Crippen LogP contribution in [0.4, 0.5) is 11.8 Å². The Morgan fingerprint density at radius 2 is 1.62 bits per heavy atom. The second kappa shape index (κ2) is 6.58. The molecule has 3 heterocycles. The molecular formula is C15H26N6. The van der Waals surface area contributed by atoms with Gasteiger partial charge in [-0.05, 0) is 19.7 Å². The molecule has 6 nitrogen and oxygen atoms in total. The molecule has 0 N–H and O–H groups in total. The maximum absolute atomic E-state index is 4.80. The van der Waals surface area contributed by atoms with E-state index in [0.717, 1.165) is 70.7 Å². The highest BCUT2D eigenvalue weighted by atomic mass is 15.3. The van der Waals surface area contributed by atoms with Crippen molar-refractivity contribution in [2.75, 3.05) is 75.8 Å². The third-order valence-corrected chi connectivity index (χ3v) is 4.56. The van der Waals surface area contributed by atoms with Crippen molar-refractivity contribution in [2.24, 2.45) is 0 Å². The van der Waals surface area contributed by atoms with Gasteiger partial charge in [-0.2, -0.15) is 4.98 Å². The van der Waals surface area contributed by atoms with Crippen LogP contribution in [0.5, 0.6) is 0 Å². The minimum absolute atomic E-state index is 0.888. The standard InChI is InChI=1S/C15H26N6/c1-3-19-8-12-20(13-9-19)14-4-5-16-15(17-14)21-10-6-18(2)7-11-21/h4-5H,3,6-13H2,1-2H3. The van der Waals surface area contributed by atoms with E-state index in [1.807, 2.05) is 12.3 Å². The Morgan fingerprint density at radius 1 is 0.952 bits per heavy atom. The topological polar surface area (TPSA) is 38.7 Å². The van der Waals surface area contributed by atoms with Gasteiger partial charge in [0, 0.05) is 58.6 Å². The summed E-state index contributed by atoms with van der Waals surface area (Å²) in [5, 5.41) is 0. The summed E-state index contributed by atoms with van der Waals surface area (Å²) in [6.07, 6.45) is 1.90. The van der Waals surface area contributed by atoms with E-state index < -0.39 is 0 Å². The Kier molecular flexibility index (Phi) is 4.55. The molecule has 0 aliphatic carbocycles. The molecule has 3 rings (SSSR count). The highest BCUT2D eigenvalue weighted by Crippen LogP contribution is 2.17. The Labute approximate surface area is 127 Å². The van der Waals surface area contributed by atoms with Crippen molar-refractivity contribution in [2.45, 2.75) is 6.92 Å². The summed E-state index contributed by atoms with van der Waals surface area (Å²) in [7, 11) is 2.17. The molecule has 2 fully saturated rings. The lowest BCUT2D eigenvalue weighted by Crippen LogP contribution is -2.47. The molecule has 0 spiro atoms. The number of anilines is 2. The second-order valence-electron chi connectivity index (χ2n) is 5.93. The fraction of sp³-hybridized carbons (Fsp3) is 0.733. The van der Waals surface area contributed by atoms with Gasteiger partial charge in [0.25, 0.3) is 0 Å². The van der Waals surface area contributed by atoms with Gasteiger partial charge in [0.15, 0.2) is 0 Å². The van der Waals surface area contributed by atoms with E-state index in [1.165, 1.54) is 0 Å². The molecule has 0 radical (unpaired) electrons. The first kappa shape index (κ1) is 14.5. The molecule has 0 bridgehead atoms. The molecule has 0 aromatic carbocycles. The van der Waals surface area contributed by atoms with Gasteiger partial charge in [-0.1, -0.05) is 6.92 Å². The molecule has 2 aliphatic heterocycles. The number of hydrogen-bond donors (Lipinski definition) is 0. The van der Waals surface area contributed by atoms with E-state index in [4.69, 9.17) is 4.98 Å². The van der Waals surface area contributed by atoms with Crippen LogP contribution in [-0.4, -0.2) is 85.7 Å². The maximum atomic E-state index is 4.80. The summed E-state index contributed by atoms with van der Waals surface area (Å²) < 4.78 is 0. The fourth-order valence-corrected chi connectivity index (χ4v) is 2.97. The predicted octanol–water partition coefficient (Wildman–Crippen LogP) is 0.370. The van der Waals surface area contributed by atoms with Crippen LogP contribution in [0, 0.1) is 0 Å². The molecular weight excluding hydrogens is 264 g/mol. The summed E-state index contributed by atoms with van der Waals surface area (Å²) in [5.74, 6) is 1.97. The lowest BCUT2D eigenvalue weighted by atomic mass is 10.3. The number of hydrogen-bond acceptors (Lipinski definition) is 6. The van der Waals surface area contributed by atoms with Crippen molar-refractivity contribution in [3.63, 3.8) is 0 Å². The largest absolute Gasteiger partial charge is 0.354 e. The normalized spacial score (nSPS) is 21.8. The third kappa shape index (κ3) is 3.44. The van der Waals surface area contributed by atoms with Crippen molar-refractivity contribution in [1.82, 2.24) is 19.8 Å². The van der Waals surface area contributed by atoms with Crippen LogP contribution < -0.4 is 9.80 Å². The number of nitrogens with zero attached hydrogens (tertiary/aromatic N) is 6. The Hall–Kier alpha value is -1.40. The van der Waals surface area contributed by atoms with Crippen LogP contribution in [0.1, 0.15) is 6.92 Å². The Morgan fingerprint density at radius 3 is 2.29 bits per heavy atom. The third-order valence-electron chi connectivity index (χ3n) is 4.56. The lowest BCUT2D eigenvalue weighted by Gasteiger charge is -2.36. The summed E-state index contributed by atoms with van der Waals surface area (Å²) in [5.41, 5.74) is 0. The number of rotatable bonds is 3. The molecule has 0 atom stereocenters. The van der Waals surface area contributed by atoms with Crippen LogP contribution in [0.15, 0.2) is 12.3 Å². The smallest absolute Gasteiger partial charge is 0.227 e. The lowest BCUT2D eigenvalue weighted by molar-refractivity contribution is 0.270. The summed E-state index contributed by atoms with van der Waals surface area (Å²) in [6.45, 7) is 12.0. The van der Waals surface area contributed by atoms with Gasteiger partial charge in [-0.3, -0.25) is 0 Å². The van der Waals surface area contributed by atoms with Gasteiger partial charge in [0.1, 0.15) is 5.82 Å². The number of piperazine rings is 2. The minimum atomic E-state index is 0.888. The molecule has 0 saturated carbocycles. The first-order valence-electron chi connectivity index (χ1n) is 8.00. The van der Waals surface area contributed by atoms with Gasteiger partial charge in [0.2, 0.25) is 5.95 Å². The monoisotopic (exact) mass is 290 g/mol. The van der Waals surface area contributed by atoms with Gasteiger partial charge in [-0.25, -0.2) is 4.98 Å². The van der Waals surface area contributed by atoms with Gasteiger partial charge in [-0.15, -0.1) is 0 Å². The quantitative estimate of drug-likeness (QED) is 0.801. The van der Waals surface area contributed by atoms with Crippen molar-refractivity contribution in [3.05, 3.63) is 12.3 Å². The molecule has 1 aromatic heterocycles. The first-order chi connectivity index (χ1) is 10.3. The van der Waals surface area contributed by atoms with Gasteiger partial charge < -0.3 is 19.6 Å². The molecule has 0 unspecified atom stereocenters. The average molecular weight is 290 g/mol. The van der Waals surface area contributed by atoms with Crippen LogP contribution in [0.25, 0.3) is 0 Å². The SMILES string of the molecule is CCN1CCN(c2ccnc(N3CCN(C)CC3)n2)CC1. The van der Waals surface area contributed by atoms with E-state index in [9.17, 15) is 0 Å². The summed E-state index contributed by atoms with van der Waals surface area (Å²) in [6, 6.07) is 2.04. The van der Waals surface area contributed by atoms with E-state index in [2.05, 4.69) is 38.6 Å². The molecule has 2 saturated heterocycles. The van der Waals surface area contributed by atoms with Gasteiger partial charge in [0.05, 0.1) is 0 Å². The highest BCUT2D eigenvalue weighted by Gasteiger charge is 2.20. The van der Waals surface area contributed by atoms with Crippen molar-refractivity contribution in [3.8, 4) is 0 Å². The fourth-order valence-electron chi connectivity index (χ4n) is 2.97. The number of likely N-dealkylation sites (N-methyl/N-ethyl adjacent to an activating group) is 2. The van der Waals surface area contributed by atoms with Gasteiger partial charge >= 0.3 is 0 Å². The molecule has 2 aliphatic rings. The van der Waals surface area contributed by atoms with Crippen LogP contribution in [0.2, 0.25) is 0 Å². The van der Waals surface area contributed by atoms with Crippen LogP contribution in [0.3, 0.4) is 0 Å². The van der Waals surface area contributed by atoms with Crippen molar-refractivity contribution < 1.29 is 0 Å². The van der Waals surface area contributed by atoms with E-state index >= 15 is 0 Å². The molecule has 6 heteroatoms. The Bertz CT molecular complexity index is 449. The first-order valence-corrected chi connectivity index (χ1v) is 8.00. The van der Waals surface area contributed by atoms with Crippen molar-refractivity contribution in [1.29, 1.82) is 0 Å². The van der Waals surface area contributed by atoms with Crippen LogP contribution >= 0.6 is 0 Å². The van der Waals surface area contributed by atoms with Crippen molar-refractivity contribution >= 4 is 11.8 Å². The van der Waals surface area contributed by atoms with E-state index in [-0.39, 0.29) is 0 Å². The number of aromatic nitrogens is 2.